The number of esters is 1. The highest BCUT2D eigenvalue weighted by Crippen LogP contribution is 2.56. The first-order valence-corrected chi connectivity index (χ1v) is 6.92. The van der Waals surface area contributed by atoms with Crippen LogP contribution in [0, 0.1) is 0 Å². The van der Waals surface area contributed by atoms with E-state index in [4.69, 9.17) is 9.79 Å². The molecule has 2 N–H and O–H groups in total. The molecular formula is C11H8F3O5P. The second-order valence-corrected chi connectivity index (χ2v) is 5.72. The third-order valence-corrected chi connectivity index (χ3v) is 3.55. The van der Waals surface area contributed by atoms with Crippen LogP contribution in [0.3, 0.4) is 0 Å². The standard InChI is InChI=1S/C11H8F3O5P/c12-11(13,14)4-3-6-1-2-7-8(5-6)10(19-9(7)15)20(16,17)18/h1-5,10H,(H2,16,17,18)/b4-3+. The van der Waals surface area contributed by atoms with Crippen LogP contribution in [0.1, 0.15) is 27.3 Å². The summed E-state index contributed by atoms with van der Waals surface area (Å²) in [5, 5.41) is 0. The first-order chi connectivity index (χ1) is 9.08. The Bertz CT molecular complexity index is 631. The minimum absolute atomic E-state index is 0.0150. The maximum atomic E-state index is 12.1. The van der Waals surface area contributed by atoms with Crippen LogP contribution in [0.5, 0.6) is 0 Å². The van der Waals surface area contributed by atoms with Gasteiger partial charge in [-0.05, 0) is 17.7 Å². The molecule has 1 aliphatic rings. The summed E-state index contributed by atoms with van der Waals surface area (Å²) in [4.78, 5) is 29.5. The molecule has 1 aromatic carbocycles. The van der Waals surface area contributed by atoms with E-state index >= 15 is 0 Å². The quantitative estimate of drug-likeness (QED) is 0.648. The number of benzene rings is 1. The second kappa shape index (κ2) is 4.73. The number of cyclic esters (lactones) is 1. The zero-order valence-corrected chi connectivity index (χ0v) is 10.6. The lowest BCUT2D eigenvalue weighted by molar-refractivity contribution is -0.0790. The predicted octanol–water partition coefficient (Wildman–Crippen LogP) is 2.61. The van der Waals surface area contributed by atoms with Gasteiger partial charge in [-0.15, -0.1) is 0 Å². The van der Waals surface area contributed by atoms with Gasteiger partial charge in [0, 0.05) is 11.6 Å². The van der Waals surface area contributed by atoms with E-state index in [0.29, 0.717) is 0 Å². The zero-order valence-electron chi connectivity index (χ0n) is 9.66. The molecule has 9 heteroatoms. The van der Waals surface area contributed by atoms with Gasteiger partial charge in [-0.2, -0.15) is 13.2 Å². The monoisotopic (exact) mass is 308 g/mol. The molecule has 0 amide bonds. The third-order valence-electron chi connectivity index (χ3n) is 2.55. The molecule has 1 atom stereocenters. The number of fused-ring (bicyclic) bond motifs is 1. The highest BCUT2D eigenvalue weighted by atomic mass is 31.2. The highest BCUT2D eigenvalue weighted by molar-refractivity contribution is 7.52. The Morgan fingerprint density at radius 3 is 2.50 bits per heavy atom. The molecule has 5 nitrogen and oxygen atoms in total. The van der Waals surface area contributed by atoms with Gasteiger partial charge in [0.05, 0.1) is 5.56 Å². The first kappa shape index (κ1) is 14.8. The van der Waals surface area contributed by atoms with Crippen LogP contribution in [-0.2, 0) is 9.30 Å². The molecule has 1 aromatic rings. The number of carbonyl (C=O) groups excluding carboxylic acids is 1. The fourth-order valence-corrected chi connectivity index (χ4v) is 2.55. The van der Waals surface area contributed by atoms with E-state index in [2.05, 4.69) is 4.74 Å². The van der Waals surface area contributed by atoms with E-state index < -0.39 is 25.6 Å². The van der Waals surface area contributed by atoms with E-state index in [9.17, 15) is 22.5 Å². The van der Waals surface area contributed by atoms with E-state index in [1.165, 1.54) is 12.1 Å². The second-order valence-electron chi connectivity index (χ2n) is 4.07. The van der Waals surface area contributed by atoms with Gasteiger partial charge in [0.15, 0.2) is 0 Å². The molecule has 0 aromatic heterocycles. The van der Waals surface area contributed by atoms with Crippen molar-refractivity contribution in [3.8, 4) is 0 Å². The number of hydrogen-bond donors (Lipinski definition) is 2. The lowest BCUT2D eigenvalue weighted by Crippen LogP contribution is -2.00. The van der Waals surface area contributed by atoms with Crippen LogP contribution < -0.4 is 0 Å². The molecule has 0 saturated heterocycles. The lowest BCUT2D eigenvalue weighted by Gasteiger charge is -2.12. The summed E-state index contributed by atoms with van der Waals surface area (Å²) in [5.74, 6) is -2.69. The van der Waals surface area contributed by atoms with Gasteiger partial charge in [-0.1, -0.05) is 12.1 Å². The van der Waals surface area contributed by atoms with E-state index in [1.807, 2.05) is 0 Å². The fourth-order valence-electron chi connectivity index (χ4n) is 1.74. The topological polar surface area (TPSA) is 83.8 Å². The van der Waals surface area contributed by atoms with Gasteiger partial charge in [-0.25, -0.2) is 4.79 Å². The Labute approximate surface area is 110 Å². The Morgan fingerprint density at radius 2 is 1.95 bits per heavy atom. The maximum absolute atomic E-state index is 12.1. The molecule has 108 valence electrons. The van der Waals surface area contributed by atoms with Crippen molar-refractivity contribution in [2.45, 2.75) is 12.0 Å². The molecule has 2 rings (SSSR count). The Hall–Kier alpha value is -1.63. The van der Waals surface area contributed by atoms with Gasteiger partial charge in [0.1, 0.15) is 0 Å². The van der Waals surface area contributed by atoms with E-state index in [1.54, 1.807) is 0 Å². The molecule has 0 aliphatic carbocycles. The van der Waals surface area contributed by atoms with E-state index in [0.717, 1.165) is 12.1 Å². The number of alkyl halides is 3. The summed E-state index contributed by atoms with van der Waals surface area (Å²) < 4.78 is 51.9. The minimum atomic E-state index is -4.74. The van der Waals surface area contributed by atoms with Gasteiger partial charge >= 0.3 is 19.7 Å². The SMILES string of the molecule is O=C1OC(P(=O)(O)O)c2cc(/C=C/C(F)(F)F)ccc21. The van der Waals surface area contributed by atoms with E-state index in [-0.39, 0.29) is 22.8 Å². The van der Waals surface area contributed by atoms with Crippen LogP contribution in [0.15, 0.2) is 24.3 Å². The van der Waals surface area contributed by atoms with Crippen molar-refractivity contribution < 1.29 is 37.1 Å². The summed E-state index contributed by atoms with van der Waals surface area (Å²) in [5.41, 5.74) is -0.132. The maximum Gasteiger partial charge on any atom is 0.409 e. The van der Waals surface area contributed by atoms with Crippen molar-refractivity contribution >= 4 is 19.6 Å². The van der Waals surface area contributed by atoms with Crippen LogP contribution in [0.25, 0.3) is 6.08 Å². The molecule has 0 bridgehead atoms. The summed E-state index contributed by atoms with van der Waals surface area (Å²) in [6.07, 6.45) is -3.79. The molecule has 0 saturated carbocycles. The summed E-state index contributed by atoms with van der Waals surface area (Å²) >= 11 is 0. The van der Waals surface area contributed by atoms with Crippen molar-refractivity contribution in [3.63, 3.8) is 0 Å². The van der Waals surface area contributed by atoms with Crippen LogP contribution in [-0.4, -0.2) is 21.9 Å². The smallest absolute Gasteiger partial charge is 0.409 e. The van der Waals surface area contributed by atoms with Gasteiger partial charge < -0.3 is 14.5 Å². The predicted molar refractivity (Wildman–Crippen MR) is 61.7 cm³/mol. The summed E-state index contributed by atoms with van der Waals surface area (Å²) in [6, 6.07) is 3.49. The molecule has 20 heavy (non-hydrogen) atoms. The number of allylic oxidation sites excluding steroid dienone is 1. The van der Waals surface area contributed by atoms with Crippen LogP contribution >= 0.6 is 7.60 Å². The molecular weight excluding hydrogens is 300 g/mol. The minimum Gasteiger partial charge on any atom is -0.441 e. The molecule has 0 fully saturated rings. The third kappa shape index (κ3) is 3.09. The molecule has 1 heterocycles. The lowest BCUT2D eigenvalue weighted by atomic mass is 10.1. The van der Waals surface area contributed by atoms with Crippen molar-refractivity contribution in [3.05, 3.63) is 41.0 Å². The van der Waals surface area contributed by atoms with Crippen molar-refractivity contribution in [2.75, 3.05) is 0 Å². The number of halogens is 3. The van der Waals surface area contributed by atoms with Gasteiger partial charge in [0.2, 0.25) is 5.85 Å². The zero-order chi connectivity index (χ0) is 15.1. The molecule has 1 unspecified atom stereocenters. The van der Waals surface area contributed by atoms with Crippen LogP contribution in [0.4, 0.5) is 13.2 Å². The van der Waals surface area contributed by atoms with Gasteiger partial charge in [-0.3, -0.25) is 4.57 Å². The van der Waals surface area contributed by atoms with Gasteiger partial charge in [0.25, 0.3) is 0 Å². The van der Waals surface area contributed by atoms with Crippen LogP contribution in [0.2, 0.25) is 0 Å². The average molecular weight is 308 g/mol. The molecule has 1 aliphatic heterocycles. The van der Waals surface area contributed by atoms with Crippen molar-refractivity contribution in [1.82, 2.24) is 0 Å². The Kier molecular flexibility index (Phi) is 3.49. The number of ether oxygens (including phenoxy) is 1. The Morgan fingerprint density at radius 1 is 1.30 bits per heavy atom. The highest BCUT2D eigenvalue weighted by Gasteiger charge is 2.42. The number of hydrogen-bond acceptors (Lipinski definition) is 3. The average Bonchev–Trinajstić information content (AvgIpc) is 2.63. The van der Waals surface area contributed by atoms with Crippen molar-refractivity contribution in [2.24, 2.45) is 0 Å². The van der Waals surface area contributed by atoms with Crippen molar-refractivity contribution in [1.29, 1.82) is 0 Å². The number of carbonyl (C=O) groups is 1. The summed E-state index contributed by atoms with van der Waals surface area (Å²) in [7, 11) is -4.74. The first-order valence-electron chi connectivity index (χ1n) is 5.24. The molecule has 0 spiro atoms. The number of rotatable bonds is 2. The summed E-state index contributed by atoms with van der Waals surface area (Å²) in [6.45, 7) is 0. The molecule has 0 radical (unpaired) electrons. The Balaban J connectivity index is 2.43. The normalized spacial score (nSPS) is 19.2. The fraction of sp³-hybridized carbons (Fsp3) is 0.182. The largest absolute Gasteiger partial charge is 0.441 e.